The van der Waals surface area contributed by atoms with Crippen molar-refractivity contribution < 1.29 is 9.53 Å². The molecule has 0 unspecified atom stereocenters. The quantitative estimate of drug-likeness (QED) is 0.692. The first-order valence-electron chi connectivity index (χ1n) is 5.71. The number of hydrogen-bond donors (Lipinski definition) is 0. The normalized spacial score (nSPS) is 18.9. The lowest BCUT2D eigenvalue weighted by Crippen LogP contribution is -2.33. The summed E-state index contributed by atoms with van der Waals surface area (Å²) in [5.74, 6) is 3.32. The molecule has 0 spiro atoms. The van der Waals surface area contributed by atoms with Crippen LogP contribution in [0.1, 0.15) is 19.4 Å². The fraction of sp³-hybridized carbons (Fsp3) is 0.357. The fourth-order valence-electron chi connectivity index (χ4n) is 1.70. The third-order valence-electron chi connectivity index (χ3n) is 2.77. The highest BCUT2D eigenvalue weighted by Gasteiger charge is 2.34. The maximum atomic E-state index is 11.5. The van der Waals surface area contributed by atoms with Crippen molar-refractivity contribution in [2.75, 3.05) is 6.61 Å². The molecule has 1 atom stereocenters. The van der Waals surface area contributed by atoms with Crippen molar-refractivity contribution in [2.45, 2.75) is 19.9 Å². The van der Waals surface area contributed by atoms with Crippen LogP contribution >= 0.6 is 0 Å². The van der Waals surface area contributed by atoms with E-state index in [1.165, 1.54) is 4.90 Å². The maximum Gasteiger partial charge on any atom is 0.422 e. The molecule has 0 N–H and O–H groups in total. The summed E-state index contributed by atoms with van der Waals surface area (Å²) in [4.78, 5) is 13.0. The minimum atomic E-state index is -0.341. The van der Waals surface area contributed by atoms with Crippen molar-refractivity contribution in [1.82, 2.24) is 4.90 Å². The number of carbonyl (C=O) groups is 1. The van der Waals surface area contributed by atoms with Crippen LogP contribution in [0.3, 0.4) is 0 Å². The third kappa shape index (κ3) is 2.59. The molecular weight excluding hydrogens is 214 g/mol. The van der Waals surface area contributed by atoms with E-state index in [2.05, 4.69) is 25.8 Å². The van der Waals surface area contributed by atoms with E-state index < -0.39 is 0 Å². The summed E-state index contributed by atoms with van der Waals surface area (Å²) in [6, 6.07) is 12.6. The molecule has 88 valence electrons. The van der Waals surface area contributed by atoms with E-state index >= 15 is 0 Å². The zero-order valence-corrected chi connectivity index (χ0v) is 10.0. The number of ether oxygens (including phenoxy) is 1. The van der Waals surface area contributed by atoms with Gasteiger partial charge in [0.1, 0.15) is 6.61 Å². The zero-order valence-electron chi connectivity index (χ0n) is 10.0. The van der Waals surface area contributed by atoms with E-state index in [4.69, 9.17) is 4.74 Å². The topological polar surface area (TPSA) is 29.5 Å². The molecule has 3 nitrogen and oxygen atoms in total. The van der Waals surface area contributed by atoms with Gasteiger partial charge in [-0.15, -0.1) is 0 Å². The van der Waals surface area contributed by atoms with Gasteiger partial charge in [-0.1, -0.05) is 32.0 Å². The van der Waals surface area contributed by atoms with E-state index in [-0.39, 0.29) is 12.1 Å². The van der Waals surface area contributed by atoms with Crippen LogP contribution in [-0.4, -0.2) is 23.6 Å². The molecule has 1 amide bonds. The molecule has 1 aliphatic heterocycles. The summed E-state index contributed by atoms with van der Waals surface area (Å²) in [7, 11) is 0. The van der Waals surface area contributed by atoms with Crippen LogP contribution in [0.2, 0.25) is 0 Å². The maximum absolute atomic E-state index is 11.5. The number of cyclic esters (lactones) is 1. The number of benzene rings is 1. The lowest BCUT2D eigenvalue weighted by Gasteiger charge is -2.17. The van der Waals surface area contributed by atoms with Crippen LogP contribution in [-0.2, 0) is 4.74 Å². The van der Waals surface area contributed by atoms with E-state index in [1.807, 2.05) is 30.3 Å². The molecule has 2 rings (SSSR count). The second-order valence-electron chi connectivity index (χ2n) is 4.36. The van der Waals surface area contributed by atoms with Crippen molar-refractivity contribution in [3.05, 3.63) is 35.9 Å². The Balaban J connectivity index is 2.17. The predicted molar refractivity (Wildman–Crippen MR) is 65.1 cm³/mol. The Kier molecular flexibility index (Phi) is 3.34. The van der Waals surface area contributed by atoms with E-state index in [0.29, 0.717) is 12.5 Å². The number of carbonyl (C=O) groups excluding carboxylic acids is 1. The molecule has 0 bridgehead atoms. The van der Waals surface area contributed by atoms with E-state index in [9.17, 15) is 4.79 Å². The SMILES string of the molecule is CC(C)[C@@H]1COC(=O)N1C#Cc1ccccc1. The Bertz CT molecular complexity index is 456. The molecule has 0 radical (unpaired) electrons. The van der Waals surface area contributed by atoms with Gasteiger partial charge in [0.15, 0.2) is 0 Å². The fourth-order valence-corrected chi connectivity index (χ4v) is 1.70. The van der Waals surface area contributed by atoms with Gasteiger partial charge in [-0.05, 0) is 24.0 Å². The van der Waals surface area contributed by atoms with E-state index in [0.717, 1.165) is 5.56 Å². The monoisotopic (exact) mass is 229 g/mol. The molecule has 3 heteroatoms. The van der Waals surface area contributed by atoms with Crippen LogP contribution in [0.5, 0.6) is 0 Å². The van der Waals surface area contributed by atoms with Crippen LogP contribution in [0.4, 0.5) is 4.79 Å². The predicted octanol–water partition coefficient (Wildman–Crippen LogP) is 2.47. The van der Waals surface area contributed by atoms with Gasteiger partial charge in [0, 0.05) is 11.6 Å². The van der Waals surface area contributed by atoms with Crippen LogP contribution in [0, 0.1) is 17.9 Å². The van der Waals surface area contributed by atoms with Gasteiger partial charge >= 0.3 is 6.09 Å². The highest BCUT2D eigenvalue weighted by molar-refractivity contribution is 5.72. The first kappa shape index (κ1) is 11.5. The van der Waals surface area contributed by atoms with Gasteiger partial charge in [-0.25, -0.2) is 9.69 Å². The van der Waals surface area contributed by atoms with Crippen molar-refractivity contribution in [2.24, 2.45) is 5.92 Å². The molecule has 1 aromatic carbocycles. The smallest absolute Gasteiger partial charge is 0.422 e. The van der Waals surface area contributed by atoms with Gasteiger partial charge in [-0.2, -0.15) is 0 Å². The highest BCUT2D eigenvalue weighted by Crippen LogP contribution is 2.18. The molecule has 1 heterocycles. The van der Waals surface area contributed by atoms with E-state index in [1.54, 1.807) is 0 Å². The molecule has 1 aromatic rings. The zero-order chi connectivity index (χ0) is 12.3. The van der Waals surface area contributed by atoms with Gasteiger partial charge in [-0.3, -0.25) is 0 Å². The van der Waals surface area contributed by atoms with Gasteiger partial charge < -0.3 is 4.74 Å². The average molecular weight is 229 g/mol. The lowest BCUT2D eigenvalue weighted by atomic mass is 10.1. The Morgan fingerprint density at radius 1 is 1.35 bits per heavy atom. The Morgan fingerprint density at radius 2 is 2.06 bits per heavy atom. The summed E-state index contributed by atoms with van der Waals surface area (Å²) in [5.41, 5.74) is 0.898. The number of rotatable bonds is 1. The molecule has 0 saturated carbocycles. The van der Waals surface area contributed by atoms with Gasteiger partial charge in [0.05, 0.1) is 6.04 Å². The minimum absolute atomic E-state index is 0.0544. The first-order valence-corrected chi connectivity index (χ1v) is 5.71. The Morgan fingerprint density at radius 3 is 2.71 bits per heavy atom. The van der Waals surface area contributed by atoms with Gasteiger partial charge in [0.2, 0.25) is 0 Å². The Labute approximate surface area is 101 Å². The van der Waals surface area contributed by atoms with Crippen LogP contribution < -0.4 is 0 Å². The third-order valence-corrected chi connectivity index (χ3v) is 2.77. The molecule has 0 aromatic heterocycles. The summed E-state index contributed by atoms with van der Waals surface area (Å²) >= 11 is 0. The first-order chi connectivity index (χ1) is 8.18. The lowest BCUT2D eigenvalue weighted by molar-refractivity contribution is 0.167. The summed E-state index contributed by atoms with van der Waals surface area (Å²) in [6.07, 6.45) is -0.341. The molecule has 17 heavy (non-hydrogen) atoms. The summed E-state index contributed by atoms with van der Waals surface area (Å²) < 4.78 is 5.01. The molecule has 1 aliphatic rings. The van der Waals surface area contributed by atoms with Crippen molar-refractivity contribution in [3.8, 4) is 12.0 Å². The number of hydrogen-bond acceptors (Lipinski definition) is 2. The molecular formula is C14H15NO2. The molecule has 1 saturated heterocycles. The Hall–Kier alpha value is -1.95. The highest BCUT2D eigenvalue weighted by atomic mass is 16.6. The second-order valence-corrected chi connectivity index (χ2v) is 4.36. The molecule has 0 aliphatic carbocycles. The van der Waals surface area contributed by atoms with Crippen molar-refractivity contribution in [1.29, 1.82) is 0 Å². The second kappa shape index (κ2) is 4.92. The van der Waals surface area contributed by atoms with Crippen molar-refractivity contribution in [3.63, 3.8) is 0 Å². The van der Waals surface area contributed by atoms with Crippen molar-refractivity contribution >= 4 is 6.09 Å². The number of amides is 1. The molecule has 1 fully saturated rings. The summed E-state index contributed by atoms with van der Waals surface area (Å²) in [6.45, 7) is 4.55. The van der Waals surface area contributed by atoms with Crippen LogP contribution in [0.15, 0.2) is 30.3 Å². The van der Waals surface area contributed by atoms with Gasteiger partial charge in [0.25, 0.3) is 0 Å². The number of nitrogens with zero attached hydrogens (tertiary/aromatic N) is 1. The summed E-state index contributed by atoms with van der Waals surface area (Å²) in [5, 5.41) is 0. The van der Waals surface area contributed by atoms with Crippen LogP contribution in [0.25, 0.3) is 0 Å². The largest absolute Gasteiger partial charge is 0.446 e. The standard InChI is InChI=1S/C14H15NO2/c1-11(2)13-10-17-14(16)15(13)9-8-12-6-4-3-5-7-12/h3-7,11,13H,10H2,1-2H3/t13-/m0/s1. The average Bonchev–Trinajstić information content (AvgIpc) is 2.69. The minimum Gasteiger partial charge on any atom is -0.446 e.